The lowest BCUT2D eigenvalue weighted by molar-refractivity contribution is -0.119. The average molecular weight is 517 g/mol. The van der Waals surface area contributed by atoms with Crippen molar-refractivity contribution in [3.63, 3.8) is 0 Å². The molecule has 1 atom stereocenters. The second kappa shape index (κ2) is 13.2. The minimum atomic E-state index is -0.247. The van der Waals surface area contributed by atoms with Gasteiger partial charge in [0.15, 0.2) is 5.96 Å². The zero-order chi connectivity index (χ0) is 20.4. The zero-order valence-corrected chi connectivity index (χ0v) is 19.5. The number of nitrogens with one attached hydrogen (secondary N) is 2. The number of nitrogens with zero attached hydrogens (tertiary/aromatic N) is 2. The molecule has 162 valence electrons. The summed E-state index contributed by atoms with van der Waals surface area (Å²) in [5, 5.41) is 6.05. The smallest absolute Gasteiger partial charge is 0.221 e. The highest BCUT2D eigenvalue weighted by molar-refractivity contribution is 14.0. The molecule has 8 nitrogen and oxygen atoms in total. The summed E-state index contributed by atoms with van der Waals surface area (Å²) >= 11 is 0. The third kappa shape index (κ3) is 9.33. The maximum atomic E-state index is 11.2. The second-order valence-corrected chi connectivity index (χ2v) is 6.92. The topological polar surface area (TPSA) is 109 Å². The summed E-state index contributed by atoms with van der Waals surface area (Å²) in [6.07, 6.45) is 2.46. The van der Waals surface area contributed by atoms with Crippen molar-refractivity contribution < 1.29 is 14.3 Å². The lowest BCUT2D eigenvalue weighted by Gasteiger charge is -2.34. The molecule has 9 heteroatoms. The van der Waals surface area contributed by atoms with Crippen LogP contribution < -0.4 is 21.1 Å². The van der Waals surface area contributed by atoms with Crippen LogP contribution in [0.2, 0.25) is 0 Å². The molecular formula is C20H32IN5O3. The normalized spacial score (nSPS) is 16.6. The number of carbonyl (C=O) groups is 2. The van der Waals surface area contributed by atoms with E-state index < -0.39 is 0 Å². The number of guanidine groups is 1. The Morgan fingerprint density at radius 2 is 2.17 bits per heavy atom. The number of carbonyl (C=O) groups excluding carboxylic acids is 2. The molecule has 2 amide bonds. The fourth-order valence-corrected chi connectivity index (χ4v) is 3.32. The van der Waals surface area contributed by atoms with Crippen molar-refractivity contribution in [3.8, 4) is 5.75 Å². The van der Waals surface area contributed by atoms with Gasteiger partial charge in [0.1, 0.15) is 12.4 Å². The molecule has 1 aliphatic rings. The standard InChI is InChI=1S/C20H31N5O3.HI/c1-3-22-20(25-10-5-6-16(14-25)12-19(21)27)23-9-11-28-18-8-4-7-17(13-18)24-15(2)26;/h4,7-8,13,16H,3,5-6,9-12,14H2,1-2H3,(H2,21,27)(H,22,23)(H,24,26);1H. The van der Waals surface area contributed by atoms with Gasteiger partial charge in [-0.2, -0.15) is 0 Å². The van der Waals surface area contributed by atoms with Gasteiger partial charge in [0.05, 0.1) is 6.54 Å². The first kappa shape index (κ1) is 25.0. The largest absolute Gasteiger partial charge is 0.492 e. The molecule has 1 fully saturated rings. The minimum Gasteiger partial charge on any atom is -0.492 e. The Morgan fingerprint density at radius 3 is 2.86 bits per heavy atom. The van der Waals surface area contributed by atoms with Gasteiger partial charge < -0.3 is 26.0 Å². The van der Waals surface area contributed by atoms with Gasteiger partial charge in [-0.05, 0) is 37.8 Å². The van der Waals surface area contributed by atoms with E-state index in [-0.39, 0.29) is 41.7 Å². The number of hydrogen-bond acceptors (Lipinski definition) is 4. The van der Waals surface area contributed by atoms with E-state index in [9.17, 15) is 9.59 Å². The molecule has 1 aromatic rings. The highest BCUT2D eigenvalue weighted by atomic mass is 127. The van der Waals surface area contributed by atoms with Gasteiger partial charge in [0, 0.05) is 44.7 Å². The van der Waals surface area contributed by atoms with Crippen molar-refractivity contribution in [2.24, 2.45) is 16.6 Å². The molecule has 0 bridgehead atoms. The van der Waals surface area contributed by atoms with E-state index in [1.54, 1.807) is 6.07 Å². The number of rotatable bonds is 8. The van der Waals surface area contributed by atoms with Crippen molar-refractivity contribution in [2.75, 3.05) is 38.1 Å². The Bertz CT molecular complexity index is 698. The Morgan fingerprint density at radius 1 is 1.38 bits per heavy atom. The number of piperidine rings is 1. The van der Waals surface area contributed by atoms with Crippen LogP contribution in [0.25, 0.3) is 0 Å². The van der Waals surface area contributed by atoms with Crippen LogP contribution in [0, 0.1) is 5.92 Å². The number of hydrogen-bond donors (Lipinski definition) is 3. The highest BCUT2D eigenvalue weighted by Gasteiger charge is 2.23. The van der Waals surface area contributed by atoms with Crippen LogP contribution in [0.3, 0.4) is 0 Å². The lowest BCUT2D eigenvalue weighted by atomic mass is 9.95. The maximum absolute atomic E-state index is 11.2. The first-order valence-electron chi connectivity index (χ1n) is 9.80. The molecule has 0 aromatic heterocycles. The number of aliphatic imine (C=N–C) groups is 1. The van der Waals surface area contributed by atoms with Crippen LogP contribution in [0.4, 0.5) is 5.69 Å². The van der Waals surface area contributed by atoms with Gasteiger partial charge in [-0.3, -0.25) is 9.59 Å². The molecule has 0 aliphatic carbocycles. The van der Waals surface area contributed by atoms with Gasteiger partial charge in [0.25, 0.3) is 0 Å². The van der Waals surface area contributed by atoms with Crippen LogP contribution in [0.15, 0.2) is 29.3 Å². The first-order chi connectivity index (χ1) is 13.5. The Hall–Kier alpha value is -2.04. The predicted molar refractivity (Wildman–Crippen MR) is 126 cm³/mol. The third-order valence-electron chi connectivity index (χ3n) is 4.42. The quantitative estimate of drug-likeness (QED) is 0.212. The number of halogens is 1. The number of amides is 2. The first-order valence-corrected chi connectivity index (χ1v) is 9.80. The molecule has 0 radical (unpaired) electrons. The molecule has 1 heterocycles. The van der Waals surface area contributed by atoms with Crippen molar-refractivity contribution in [1.29, 1.82) is 0 Å². The van der Waals surface area contributed by atoms with Crippen molar-refractivity contribution in [2.45, 2.75) is 33.1 Å². The number of primary amides is 1. The monoisotopic (exact) mass is 517 g/mol. The zero-order valence-electron chi connectivity index (χ0n) is 17.1. The Kier molecular flexibility index (Phi) is 11.4. The van der Waals surface area contributed by atoms with Gasteiger partial charge in [-0.15, -0.1) is 24.0 Å². The van der Waals surface area contributed by atoms with Crippen LogP contribution >= 0.6 is 24.0 Å². The van der Waals surface area contributed by atoms with Gasteiger partial charge in [-0.25, -0.2) is 4.99 Å². The molecule has 1 unspecified atom stereocenters. The summed E-state index contributed by atoms with van der Waals surface area (Å²) < 4.78 is 5.75. The van der Waals surface area contributed by atoms with E-state index in [1.165, 1.54) is 6.92 Å². The van der Waals surface area contributed by atoms with Crippen molar-refractivity contribution in [1.82, 2.24) is 10.2 Å². The number of ether oxygens (including phenoxy) is 1. The van der Waals surface area contributed by atoms with Crippen LogP contribution in [-0.4, -0.2) is 55.5 Å². The van der Waals surface area contributed by atoms with E-state index in [2.05, 4.69) is 20.5 Å². The molecule has 0 saturated carbocycles. The number of nitrogens with two attached hydrogens (primary N) is 1. The summed E-state index contributed by atoms with van der Waals surface area (Å²) in [4.78, 5) is 29.2. The predicted octanol–water partition coefficient (Wildman–Crippen LogP) is 2.19. The summed E-state index contributed by atoms with van der Waals surface area (Å²) in [6.45, 7) is 6.91. The van der Waals surface area contributed by atoms with E-state index in [4.69, 9.17) is 10.5 Å². The Labute approximate surface area is 189 Å². The molecule has 1 saturated heterocycles. The van der Waals surface area contributed by atoms with Crippen molar-refractivity contribution >= 4 is 47.4 Å². The van der Waals surface area contributed by atoms with Crippen molar-refractivity contribution in [3.05, 3.63) is 24.3 Å². The van der Waals surface area contributed by atoms with E-state index in [1.807, 2.05) is 25.1 Å². The molecule has 0 spiro atoms. The number of anilines is 1. The SMILES string of the molecule is CCNC(=NCCOc1cccc(NC(C)=O)c1)N1CCCC(CC(N)=O)C1.I. The molecular weight excluding hydrogens is 485 g/mol. The van der Waals surface area contributed by atoms with E-state index in [0.29, 0.717) is 31.0 Å². The number of likely N-dealkylation sites (tertiary alicyclic amines) is 1. The number of benzene rings is 1. The van der Waals surface area contributed by atoms with Crippen LogP contribution in [0.1, 0.15) is 33.1 Å². The summed E-state index contributed by atoms with van der Waals surface area (Å²) in [5.41, 5.74) is 6.06. The molecule has 2 rings (SSSR count). The van der Waals surface area contributed by atoms with Gasteiger partial charge in [-0.1, -0.05) is 6.07 Å². The van der Waals surface area contributed by atoms with Gasteiger partial charge >= 0.3 is 0 Å². The maximum Gasteiger partial charge on any atom is 0.221 e. The Balaban J connectivity index is 0.00000420. The lowest BCUT2D eigenvalue weighted by Crippen LogP contribution is -2.47. The summed E-state index contributed by atoms with van der Waals surface area (Å²) in [5.74, 6) is 1.44. The van der Waals surface area contributed by atoms with E-state index >= 15 is 0 Å². The summed E-state index contributed by atoms with van der Waals surface area (Å²) in [6, 6.07) is 7.28. The molecule has 4 N–H and O–H groups in total. The highest BCUT2D eigenvalue weighted by Crippen LogP contribution is 2.20. The average Bonchev–Trinajstić information content (AvgIpc) is 2.64. The molecule has 1 aromatic carbocycles. The minimum absolute atomic E-state index is 0. The van der Waals surface area contributed by atoms with Crippen LogP contribution in [0.5, 0.6) is 5.75 Å². The fraction of sp³-hybridized carbons (Fsp3) is 0.550. The van der Waals surface area contributed by atoms with Crippen LogP contribution in [-0.2, 0) is 9.59 Å². The van der Waals surface area contributed by atoms with E-state index in [0.717, 1.165) is 38.4 Å². The third-order valence-corrected chi connectivity index (χ3v) is 4.42. The molecule has 29 heavy (non-hydrogen) atoms. The second-order valence-electron chi connectivity index (χ2n) is 6.92. The summed E-state index contributed by atoms with van der Waals surface area (Å²) in [7, 11) is 0. The van der Waals surface area contributed by atoms with Gasteiger partial charge in [0.2, 0.25) is 11.8 Å². The fourth-order valence-electron chi connectivity index (χ4n) is 3.32. The molecule has 1 aliphatic heterocycles.